The zero-order valence-electron chi connectivity index (χ0n) is 33.8. The van der Waals surface area contributed by atoms with Gasteiger partial charge in [-0.3, -0.25) is 0 Å². The zero-order chi connectivity index (χ0) is 37.7. The van der Waals surface area contributed by atoms with E-state index >= 15 is 0 Å². The second-order valence-electron chi connectivity index (χ2n) is 17.7. The predicted octanol–water partition coefficient (Wildman–Crippen LogP) is 12.6. The number of hydrogen-bond acceptors (Lipinski definition) is 1. The third-order valence-corrected chi connectivity index (χ3v) is 12.5. The van der Waals surface area contributed by atoms with E-state index in [0.717, 1.165) is 18.5 Å². The summed E-state index contributed by atoms with van der Waals surface area (Å²) in [4.78, 5) is 0. The summed E-state index contributed by atoms with van der Waals surface area (Å²) in [7, 11) is 2.46. The molecule has 1 nitrogen and oxygen atoms in total. The van der Waals surface area contributed by atoms with Crippen molar-refractivity contribution < 1.29 is 0 Å². The van der Waals surface area contributed by atoms with Crippen molar-refractivity contribution in [2.24, 2.45) is 0 Å². The van der Waals surface area contributed by atoms with E-state index in [-0.39, 0.29) is 16.2 Å². The number of benzene rings is 5. The highest BCUT2D eigenvalue weighted by atomic mass is 14.9. The molecule has 0 atom stereocenters. The molecule has 5 aromatic carbocycles. The Morgan fingerprint density at radius 3 is 2.02 bits per heavy atom. The van der Waals surface area contributed by atoms with Crippen molar-refractivity contribution in [3.05, 3.63) is 154 Å². The molecule has 0 aliphatic heterocycles. The Bertz CT molecular complexity index is 2230. The highest BCUT2D eigenvalue weighted by molar-refractivity contribution is 6.69. The molecule has 0 heterocycles. The fraction of sp³-hybridized carbons (Fsp3) is 0.333. The van der Waals surface area contributed by atoms with Gasteiger partial charge in [-0.2, -0.15) is 0 Å². The Balaban J connectivity index is 1.37. The maximum absolute atomic E-state index is 3.95. The van der Waals surface area contributed by atoms with Gasteiger partial charge < -0.3 is 5.32 Å². The maximum Gasteiger partial charge on any atom is 0.192 e. The Kier molecular flexibility index (Phi) is 9.73. The van der Waals surface area contributed by atoms with E-state index in [1.54, 1.807) is 0 Å². The molecule has 2 aliphatic rings. The minimum Gasteiger partial charge on any atom is -0.355 e. The van der Waals surface area contributed by atoms with E-state index in [2.05, 4.69) is 191 Å². The third kappa shape index (κ3) is 7.10. The minimum absolute atomic E-state index is 0.0793. The first-order valence-corrected chi connectivity index (χ1v) is 19.7. The molecule has 1 N–H and O–H groups in total. The first kappa shape index (κ1) is 36.8. The topological polar surface area (TPSA) is 12.0 Å². The van der Waals surface area contributed by atoms with Gasteiger partial charge >= 0.3 is 0 Å². The summed E-state index contributed by atoms with van der Waals surface area (Å²) in [5.41, 5.74) is 21.2. The van der Waals surface area contributed by atoms with Gasteiger partial charge in [0.15, 0.2) is 7.28 Å². The Hall–Kier alpha value is -4.56. The zero-order valence-corrected chi connectivity index (χ0v) is 33.8. The third-order valence-electron chi connectivity index (χ3n) is 12.5. The lowest BCUT2D eigenvalue weighted by Crippen LogP contribution is -2.36. The van der Waals surface area contributed by atoms with E-state index in [1.165, 1.54) is 96.2 Å². The van der Waals surface area contributed by atoms with Crippen LogP contribution in [0.4, 0.5) is 11.4 Å². The number of fused-ring (bicyclic) bond motifs is 1. The molecule has 0 amide bonds. The van der Waals surface area contributed by atoms with Crippen LogP contribution < -0.4 is 16.2 Å². The number of anilines is 2. The standard InChI is InChI=1S/C51H57BN/c1-33-29-35(3)48(52-46-22-16-21-43(36(46)4)51(9,10)42-20-15-14-17-34(42)2)41(30-33)40-31-44-45(50(7,8)28-27-49(44,5)6)32-47(40)53-39-25-23-38(24-26-39)37-18-12-11-13-19-37/h11-13,15-16,18-26,29-32,53H,14,17,27-28H2,1-10H3. The van der Waals surface area contributed by atoms with Crippen LogP contribution in [0.25, 0.3) is 22.3 Å². The van der Waals surface area contributed by atoms with Gasteiger partial charge in [-0.25, -0.2) is 0 Å². The summed E-state index contributed by atoms with van der Waals surface area (Å²) >= 11 is 0. The quantitative estimate of drug-likeness (QED) is 0.159. The molecular weight excluding hydrogens is 637 g/mol. The molecule has 0 fully saturated rings. The van der Waals surface area contributed by atoms with Crippen LogP contribution in [0.5, 0.6) is 0 Å². The van der Waals surface area contributed by atoms with Gasteiger partial charge in [0.05, 0.1) is 0 Å². The van der Waals surface area contributed by atoms with Crippen LogP contribution in [0.1, 0.15) is 108 Å². The molecule has 269 valence electrons. The fourth-order valence-corrected chi connectivity index (χ4v) is 9.17. The van der Waals surface area contributed by atoms with Crippen molar-refractivity contribution in [3.63, 3.8) is 0 Å². The molecule has 7 rings (SSSR count). The van der Waals surface area contributed by atoms with E-state index in [4.69, 9.17) is 0 Å². The number of nitrogens with one attached hydrogen (secondary N) is 1. The van der Waals surface area contributed by atoms with Crippen LogP contribution in [0, 0.1) is 20.8 Å². The van der Waals surface area contributed by atoms with Crippen LogP contribution in [0.2, 0.25) is 0 Å². The van der Waals surface area contributed by atoms with Crippen LogP contribution in [-0.2, 0) is 16.2 Å². The lowest BCUT2D eigenvalue weighted by Gasteiger charge is -2.42. The first-order valence-electron chi connectivity index (χ1n) is 19.7. The maximum atomic E-state index is 3.95. The van der Waals surface area contributed by atoms with Crippen LogP contribution in [0.3, 0.4) is 0 Å². The molecule has 5 aromatic rings. The van der Waals surface area contributed by atoms with Gasteiger partial charge in [0.2, 0.25) is 0 Å². The lowest BCUT2D eigenvalue weighted by molar-refractivity contribution is 0.332. The summed E-state index contributed by atoms with van der Waals surface area (Å²) in [6, 6.07) is 36.3. The van der Waals surface area contributed by atoms with Gasteiger partial charge in [0.1, 0.15) is 0 Å². The van der Waals surface area contributed by atoms with E-state index < -0.39 is 0 Å². The van der Waals surface area contributed by atoms with E-state index in [9.17, 15) is 0 Å². The van der Waals surface area contributed by atoms with E-state index in [1.807, 2.05) is 0 Å². The first-order chi connectivity index (χ1) is 25.2. The molecule has 0 bridgehead atoms. The molecule has 0 saturated heterocycles. The van der Waals surface area contributed by atoms with Crippen molar-refractivity contribution in [2.75, 3.05) is 5.32 Å². The Morgan fingerprint density at radius 2 is 1.34 bits per heavy atom. The second-order valence-corrected chi connectivity index (χ2v) is 17.7. The summed E-state index contributed by atoms with van der Waals surface area (Å²) in [6.07, 6.45) is 9.37. The molecule has 2 aliphatic carbocycles. The highest BCUT2D eigenvalue weighted by Gasteiger charge is 2.38. The lowest BCUT2D eigenvalue weighted by atomic mass is 9.57. The molecule has 53 heavy (non-hydrogen) atoms. The van der Waals surface area contributed by atoms with Gasteiger partial charge in [-0.05, 0) is 127 Å². The molecule has 0 unspecified atom stereocenters. The van der Waals surface area contributed by atoms with Gasteiger partial charge in [-0.15, -0.1) is 0 Å². The minimum atomic E-state index is -0.0793. The molecule has 2 heteroatoms. The average Bonchev–Trinajstić information content (AvgIpc) is 3.12. The van der Waals surface area contributed by atoms with Crippen molar-refractivity contribution >= 4 is 29.6 Å². The number of aryl methyl sites for hydroxylation is 2. The van der Waals surface area contributed by atoms with Gasteiger partial charge in [-0.1, -0.05) is 160 Å². The largest absolute Gasteiger partial charge is 0.355 e. The summed E-state index contributed by atoms with van der Waals surface area (Å²) in [6.45, 7) is 23.7. The Labute approximate surface area is 320 Å². The number of hydrogen-bond donors (Lipinski definition) is 1. The van der Waals surface area contributed by atoms with Gasteiger partial charge in [0.25, 0.3) is 0 Å². The van der Waals surface area contributed by atoms with Crippen molar-refractivity contribution in [2.45, 2.75) is 111 Å². The van der Waals surface area contributed by atoms with E-state index in [0.29, 0.717) is 0 Å². The Morgan fingerprint density at radius 1 is 0.679 bits per heavy atom. The summed E-state index contributed by atoms with van der Waals surface area (Å²) < 4.78 is 0. The predicted molar refractivity (Wildman–Crippen MR) is 232 cm³/mol. The number of rotatable bonds is 8. The molecule has 0 saturated carbocycles. The van der Waals surface area contributed by atoms with Crippen molar-refractivity contribution in [3.8, 4) is 22.3 Å². The van der Waals surface area contributed by atoms with Crippen molar-refractivity contribution in [1.82, 2.24) is 0 Å². The molecule has 0 aromatic heterocycles. The van der Waals surface area contributed by atoms with Gasteiger partial charge in [0, 0.05) is 22.4 Å². The van der Waals surface area contributed by atoms with Crippen molar-refractivity contribution in [1.29, 1.82) is 0 Å². The normalized spacial score (nSPS) is 16.3. The second kappa shape index (κ2) is 14.0. The number of allylic oxidation sites excluding steroid dienone is 4. The average molecular weight is 695 g/mol. The monoisotopic (exact) mass is 694 g/mol. The highest BCUT2D eigenvalue weighted by Crippen LogP contribution is 2.49. The van der Waals surface area contributed by atoms with Crippen LogP contribution in [-0.4, -0.2) is 7.28 Å². The molecule has 1 radical (unpaired) electrons. The molecule has 0 spiro atoms. The van der Waals surface area contributed by atoms with Crippen LogP contribution >= 0.6 is 0 Å². The van der Waals surface area contributed by atoms with Crippen LogP contribution in [0.15, 0.2) is 120 Å². The smallest absolute Gasteiger partial charge is 0.192 e. The fourth-order valence-electron chi connectivity index (χ4n) is 9.17. The SMILES string of the molecule is CC1=C(C(C)(C)c2cccc([B]c3c(C)cc(C)cc3-c3cc4c(cc3Nc3ccc(-c5ccccc5)cc3)C(C)(C)CCC4(C)C)c2C)C=CCC1. The summed E-state index contributed by atoms with van der Waals surface area (Å²) in [5.74, 6) is 0. The molecular formula is C51H57BN. The summed E-state index contributed by atoms with van der Waals surface area (Å²) in [5, 5.41) is 3.95.